The van der Waals surface area contributed by atoms with Crippen LogP contribution in [0.1, 0.15) is 19.8 Å². The predicted octanol–water partition coefficient (Wildman–Crippen LogP) is 0.789. The highest BCUT2D eigenvalue weighted by atomic mass is 16.3. The first-order chi connectivity index (χ1) is 5.83. The van der Waals surface area contributed by atoms with E-state index in [1.807, 2.05) is 0 Å². The van der Waals surface area contributed by atoms with E-state index in [2.05, 4.69) is 27.2 Å². The van der Waals surface area contributed by atoms with Crippen molar-refractivity contribution in [2.45, 2.75) is 19.8 Å². The van der Waals surface area contributed by atoms with Gasteiger partial charge < -0.3 is 10.4 Å². The molecule has 12 heavy (non-hydrogen) atoms. The summed E-state index contributed by atoms with van der Waals surface area (Å²) < 4.78 is 0. The highest BCUT2D eigenvalue weighted by Crippen LogP contribution is 2.01. The molecule has 0 aromatic carbocycles. The molecule has 0 saturated carbocycles. The van der Waals surface area contributed by atoms with Crippen LogP contribution in [0.2, 0.25) is 0 Å². The van der Waals surface area contributed by atoms with Gasteiger partial charge in [0, 0.05) is 6.54 Å². The van der Waals surface area contributed by atoms with Gasteiger partial charge in [-0.1, -0.05) is 13.3 Å². The van der Waals surface area contributed by atoms with Crippen LogP contribution in [0.3, 0.4) is 0 Å². The van der Waals surface area contributed by atoms with Crippen molar-refractivity contribution >= 4 is 5.95 Å². The molecule has 1 aromatic rings. The molecule has 2 N–H and O–H groups in total. The summed E-state index contributed by atoms with van der Waals surface area (Å²) in [5.74, 6) is 0.427. The Morgan fingerprint density at radius 1 is 1.50 bits per heavy atom. The van der Waals surface area contributed by atoms with E-state index in [0.29, 0.717) is 5.95 Å². The number of unbranched alkanes of at least 4 members (excludes halogenated alkanes) is 1. The summed E-state index contributed by atoms with van der Waals surface area (Å²) in [4.78, 5) is 10.9. The third-order valence-electron chi connectivity index (χ3n) is 1.37. The lowest BCUT2D eigenvalue weighted by molar-refractivity contribution is 0.428. The van der Waals surface area contributed by atoms with E-state index in [9.17, 15) is 0 Å². The molecule has 0 atom stereocenters. The van der Waals surface area contributed by atoms with Gasteiger partial charge >= 0.3 is 6.01 Å². The SMILES string of the molecule is CCCCNc1ncnc(O)n1. The Hall–Kier alpha value is -1.39. The summed E-state index contributed by atoms with van der Waals surface area (Å²) in [5, 5.41) is 11.8. The van der Waals surface area contributed by atoms with Crippen LogP contribution in [-0.2, 0) is 0 Å². The minimum atomic E-state index is -0.246. The van der Waals surface area contributed by atoms with Crippen molar-refractivity contribution in [3.8, 4) is 6.01 Å². The highest BCUT2D eigenvalue weighted by molar-refractivity contribution is 5.22. The van der Waals surface area contributed by atoms with Crippen LogP contribution in [0.15, 0.2) is 6.33 Å². The maximum Gasteiger partial charge on any atom is 0.318 e. The smallest absolute Gasteiger partial charge is 0.318 e. The average Bonchev–Trinajstić information content (AvgIpc) is 2.05. The van der Waals surface area contributed by atoms with E-state index < -0.39 is 0 Å². The van der Waals surface area contributed by atoms with Crippen LogP contribution in [0.4, 0.5) is 5.95 Å². The van der Waals surface area contributed by atoms with Crippen molar-refractivity contribution in [2.24, 2.45) is 0 Å². The molecule has 0 radical (unpaired) electrons. The van der Waals surface area contributed by atoms with E-state index in [1.54, 1.807) is 0 Å². The molecule has 0 saturated heterocycles. The number of nitrogens with one attached hydrogen (secondary N) is 1. The van der Waals surface area contributed by atoms with Gasteiger partial charge in [-0.2, -0.15) is 9.97 Å². The van der Waals surface area contributed by atoms with Crippen molar-refractivity contribution in [2.75, 3.05) is 11.9 Å². The van der Waals surface area contributed by atoms with E-state index in [4.69, 9.17) is 5.11 Å². The molecule has 0 amide bonds. The van der Waals surface area contributed by atoms with Gasteiger partial charge in [0.25, 0.3) is 0 Å². The Morgan fingerprint density at radius 2 is 2.33 bits per heavy atom. The number of anilines is 1. The van der Waals surface area contributed by atoms with E-state index in [1.165, 1.54) is 6.33 Å². The molecule has 0 aliphatic heterocycles. The van der Waals surface area contributed by atoms with E-state index in [0.717, 1.165) is 19.4 Å². The van der Waals surface area contributed by atoms with Crippen LogP contribution in [0.25, 0.3) is 0 Å². The molecule has 0 fully saturated rings. The number of aromatic nitrogens is 3. The zero-order valence-corrected chi connectivity index (χ0v) is 6.99. The summed E-state index contributed by atoms with van der Waals surface area (Å²) in [7, 11) is 0. The Morgan fingerprint density at radius 3 is 3.00 bits per heavy atom. The molecule has 5 heteroatoms. The summed E-state index contributed by atoms with van der Waals surface area (Å²) in [6.07, 6.45) is 3.45. The molecule has 1 heterocycles. The third-order valence-corrected chi connectivity index (χ3v) is 1.37. The third kappa shape index (κ3) is 2.69. The number of aromatic hydroxyl groups is 1. The molecule has 0 aliphatic rings. The molecular formula is C7H12N4O. The molecule has 66 valence electrons. The Balaban J connectivity index is 2.41. The van der Waals surface area contributed by atoms with Gasteiger partial charge in [0.1, 0.15) is 6.33 Å². The van der Waals surface area contributed by atoms with Crippen LogP contribution in [0.5, 0.6) is 6.01 Å². The summed E-state index contributed by atoms with van der Waals surface area (Å²) in [6, 6.07) is -0.246. The Kier molecular flexibility index (Phi) is 3.25. The fourth-order valence-corrected chi connectivity index (χ4v) is 0.750. The highest BCUT2D eigenvalue weighted by Gasteiger charge is 1.95. The Labute approximate surface area is 70.9 Å². The second-order valence-electron chi connectivity index (χ2n) is 2.39. The van der Waals surface area contributed by atoms with Gasteiger partial charge in [-0.3, -0.25) is 0 Å². The Bertz CT molecular complexity index is 241. The van der Waals surface area contributed by atoms with E-state index >= 15 is 0 Å². The van der Waals surface area contributed by atoms with Crippen LogP contribution >= 0.6 is 0 Å². The lowest BCUT2D eigenvalue weighted by Crippen LogP contribution is -2.04. The number of rotatable bonds is 4. The monoisotopic (exact) mass is 168 g/mol. The molecule has 0 unspecified atom stereocenters. The lowest BCUT2D eigenvalue weighted by atomic mass is 10.3. The summed E-state index contributed by atoms with van der Waals surface area (Å²) >= 11 is 0. The summed E-state index contributed by atoms with van der Waals surface area (Å²) in [5.41, 5.74) is 0. The van der Waals surface area contributed by atoms with E-state index in [-0.39, 0.29) is 6.01 Å². The fourth-order valence-electron chi connectivity index (χ4n) is 0.750. The standard InChI is InChI=1S/C7H12N4O/c1-2-3-4-8-6-9-5-10-7(12)11-6/h5H,2-4H2,1H3,(H2,8,9,10,11,12). The first kappa shape index (κ1) is 8.70. The molecule has 1 aromatic heterocycles. The average molecular weight is 168 g/mol. The first-order valence-electron chi connectivity index (χ1n) is 3.95. The van der Waals surface area contributed by atoms with Crippen LogP contribution in [-0.4, -0.2) is 26.6 Å². The molecular weight excluding hydrogens is 156 g/mol. The zero-order valence-electron chi connectivity index (χ0n) is 6.99. The summed E-state index contributed by atoms with van der Waals surface area (Å²) in [6.45, 7) is 2.92. The maximum absolute atomic E-state index is 8.87. The topological polar surface area (TPSA) is 70.9 Å². The zero-order chi connectivity index (χ0) is 8.81. The predicted molar refractivity (Wildman–Crippen MR) is 44.9 cm³/mol. The van der Waals surface area contributed by atoms with Gasteiger partial charge in [0.2, 0.25) is 5.95 Å². The van der Waals surface area contributed by atoms with Gasteiger partial charge in [-0.25, -0.2) is 4.98 Å². The van der Waals surface area contributed by atoms with Crippen molar-refractivity contribution in [3.05, 3.63) is 6.33 Å². The molecule has 0 aliphatic carbocycles. The number of hydrogen-bond acceptors (Lipinski definition) is 5. The van der Waals surface area contributed by atoms with Crippen molar-refractivity contribution in [1.29, 1.82) is 0 Å². The largest absolute Gasteiger partial charge is 0.479 e. The van der Waals surface area contributed by atoms with Gasteiger partial charge in [0.05, 0.1) is 0 Å². The van der Waals surface area contributed by atoms with Crippen LogP contribution < -0.4 is 5.32 Å². The molecule has 5 nitrogen and oxygen atoms in total. The van der Waals surface area contributed by atoms with Gasteiger partial charge in [0.15, 0.2) is 0 Å². The normalized spacial score (nSPS) is 9.75. The quantitative estimate of drug-likeness (QED) is 0.650. The molecule has 1 rings (SSSR count). The fraction of sp³-hybridized carbons (Fsp3) is 0.571. The second kappa shape index (κ2) is 4.48. The van der Waals surface area contributed by atoms with Crippen molar-refractivity contribution < 1.29 is 5.11 Å². The second-order valence-corrected chi connectivity index (χ2v) is 2.39. The maximum atomic E-state index is 8.87. The minimum absolute atomic E-state index is 0.246. The number of hydrogen-bond donors (Lipinski definition) is 2. The lowest BCUT2D eigenvalue weighted by Gasteiger charge is -2.01. The van der Waals surface area contributed by atoms with Crippen LogP contribution in [0, 0.1) is 0 Å². The molecule has 0 spiro atoms. The minimum Gasteiger partial charge on any atom is -0.479 e. The molecule has 0 bridgehead atoms. The first-order valence-corrected chi connectivity index (χ1v) is 3.95. The van der Waals surface area contributed by atoms with Crippen molar-refractivity contribution in [3.63, 3.8) is 0 Å². The van der Waals surface area contributed by atoms with Gasteiger partial charge in [-0.15, -0.1) is 0 Å². The van der Waals surface area contributed by atoms with Crippen molar-refractivity contribution in [1.82, 2.24) is 15.0 Å². The number of nitrogens with zero attached hydrogens (tertiary/aromatic N) is 3. The van der Waals surface area contributed by atoms with Gasteiger partial charge in [-0.05, 0) is 6.42 Å².